The van der Waals surface area contributed by atoms with Crippen LogP contribution in [0.3, 0.4) is 0 Å². The van der Waals surface area contributed by atoms with E-state index in [0.29, 0.717) is 12.0 Å². The van der Waals surface area contributed by atoms with E-state index < -0.39 is 30.1 Å². The molecule has 0 N–H and O–H groups in total. The van der Waals surface area contributed by atoms with Crippen LogP contribution in [-0.4, -0.2) is 18.3 Å². The minimum atomic E-state index is -4.48. The predicted molar refractivity (Wildman–Crippen MR) is 96.4 cm³/mol. The van der Waals surface area contributed by atoms with Gasteiger partial charge in [-0.05, 0) is 56.8 Å². The van der Waals surface area contributed by atoms with Crippen LogP contribution < -0.4 is 5.46 Å². The maximum atomic E-state index is 13.7. The lowest BCUT2D eigenvalue weighted by Gasteiger charge is -2.32. The highest BCUT2D eigenvalue weighted by Gasteiger charge is 2.53. The van der Waals surface area contributed by atoms with Crippen molar-refractivity contribution in [1.82, 2.24) is 0 Å². The Morgan fingerprint density at radius 2 is 1.42 bits per heavy atom. The van der Waals surface area contributed by atoms with Gasteiger partial charge in [-0.3, -0.25) is 0 Å². The first-order valence-electron chi connectivity index (χ1n) is 8.59. The van der Waals surface area contributed by atoms with E-state index in [1.54, 1.807) is 6.07 Å². The zero-order valence-corrected chi connectivity index (χ0v) is 15.4. The molecule has 0 unspecified atom stereocenters. The summed E-state index contributed by atoms with van der Waals surface area (Å²) in [6.45, 7) is 7.29. The first kappa shape index (κ1) is 19.0. The predicted octanol–water partition coefficient (Wildman–Crippen LogP) is 4.60. The average Bonchev–Trinajstić information content (AvgIpc) is 2.75. The Kier molecular flexibility index (Phi) is 4.70. The largest absolute Gasteiger partial charge is 0.495 e. The van der Waals surface area contributed by atoms with Crippen molar-refractivity contribution in [2.75, 3.05) is 0 Å². The monoisotopic (exact) mass is 362 g/mol. The van der Waals surface area contributed by atoms with Gasteiger partial charge in [0.15, 0.2) is 0 Å². The molecule has 3 rings (SSSR count). The second kappa shape index (κ2) is 6.43. The van der Waals surface area contributed by atoms with Gasteiger partial charge in [0.05, 0.1) is 16.8 Å². The van der Waals surface area contributed by atoms with Crippen molar-refractivity contribution < 1.29 is 22.5 Å². The molecule has 1 saturated heterocycles. The van der Waals surface area contributed by atoms with Crippen molar-refractivity contribution >= 4 is 12.6 Å². The molecule has 1 heterocycles. The summed E-state index contributed by atoms with van der Waals surface area (Å²) in [4.78, 5) is 0. The van der Waals surface area contributed by atoms with Crippen LogP contribution in [0.25, 0.3) is 0 Å². The van der Waals surface area contributed by atoms with Crippen LogP contribution in [0, 0.1) is 0 Å². The molecule has 2 nitrogen and oxygen atoms in total. The molecule has 0 saturated carbocycles. The van der Waals surface area contributed by atoms with Gasteiger partial charge in [0.1, 0.15) is 0 Å². The molecule has 1 fully saturated rings. The number of hydrogen-bond acceptors (Lipinski definition) is 2. The minimum absolute atomic E-state index is 0.0213. The molecule has 26 heavy (non-hydrogen) atoms. The fraction of sp³-hybridized carbons (Fsp3) is 0.400. The molecule has 6 heteroatoms. The van der Waals surface area contributed by atoms with Gasteiger partial charge >= 0.3 is 13.3 Å². The Morgan fingerprint density at radius 3 is 1.96 bits per heavy atom. The zero-order chi connectivity index (χ0) is 19.2. The highest BCUT2D eigenvalue weighted by Crippen LogP contribution is 2.38. The van der Waals surface area contributed by atoms with E-state index in [-0.39, 0.29) is 5.46 Å². The van der Waals surface area contributed by atoms with E-state index in [1.807, 2.05) is 58.0 Å². The standard InChI is InChI=1S/C20H22BF3O2/c1-18(2)19(3,4)26-21(25-18)17-11-10-15(13-16(17)20(22,23)24)12-14-8-6-5-7-9-14/h5-11,13H,12H2,1-4H3. The Bertz CT molecular complexity index is 769. The molecule has 0 spiro atoms. The third kappa shape index (κ3) is 3.67. The second-order valence-corrected chi connectivity index (χ2v) is 7.67. The van der Waals surface area contributed by atoms with Gasteiger partial charge < -0.3 is 9.31 Å². The smallest absolute Gasteiger partial charge is 0.399 e. The number of benzene rings is 2. The van der Waals surface area contributed by atoms with Gasteiger partial charge in [-0.2, -0.15) is 13.2 Å². The van der Waals surface area contributed by atoms with E-state index in [0.717, 1.165) is 5.56 Å². The lowest BCUT2D eigenvalue weighted by molar-refractivity contribution is -0.136. The van der Waals surface area contributed by atoms with Gasteiger partial charge in [0.25, 0.3) is 0 Å². The summed E-state index contributed by atoms with van der Waals surface area (Å²) >= 11 is 0. The van der Waals surface area contributed by atoms with Crippen LogP contribution >= 0.6 is 0 Å². The molecule has 0 amide bonds. The topological polar surface area (TPSA) is 18.5 Å². The highest BCUT2D eigenvalue weighted by atomic mass is 19.4. The molecule has 1 aliphatic rings. The number of rotatable bonds is 3. The van der Waals surface area contributed by atoms with Crippen LogP contribution in [0.15, 0.2) is 48.5 Å². The zero-order valence-electron chi connectivity index (χ0n) is 15.4. The summed E-state index contributed by atoms with van der Waals surface area (Å²) in [6.07, 6.45) is -4.04. The van der Waals surface area contributed by atoms with E-state index in [1.165, 1.54) is 12.1 Å². The summed E-state index contributed by atoms with van der Waals surface area (Å²) in [5.41, 5.74) is -0.503. The van der Waals surface area contributed by atoms with Crippen molar-refractivity contribution in [1.29, 1.82) is 0 Å². The molecule has 0 aromatic heterocycles. The molecule has 0 bridgehead atoms. The van der Waals surface area contributed by atoms with E-state index in [4.69, 9.17) is 9.31 Å². The van der Waals surface area contributed by atoms with Crippen LogP contribution in [0.5, 0.6) is 0 Å². The Balaban J connectivity index is 1.96. The molecule has 138 valence electrons. The first-order valence-corrected chi connectivity index (χ1v) is 8.59. The summed E-state index contributed by atoms with van der Waals surface area (Å²) in [5, 5.41) is 0. The maximum absolute atomic E-state index is 13.7. The third-order valence-corrected chi connectivity index (χ3v) is 5.18. The van der Waals surface area contributed by atoms with E-state index >= 15 is 0 Å². The van der Waals surface area contributed by atoms with Crippen molar-refractivity contribution in [3.05, 3.63) is 65.2 Å². The average molecular weight is 362 g/mol. The fourth-order valence-corrected chi connectivity index (χ4v) is 2.97. The van der Waals surface area contributed by atoms with Crippen molar-refractivity contribution in [2.45, 2.75) is 51.5 Å². The molecular weight excluding hydrogens is 340 g/mol. The molecule has 0 atom stereocenters. The van der Waals surface area contributed by atoms with Gasteiger partial charge in [0, 0.05) is 0 Å². The Hall–Kier alpha value is -1.79. The first-order chi connectivity index (χ1) is 12.0. The molecule has 2 aromatic rings. The maximum Gasteiger partial charge on any atom is 0.495 e. The van der Waals surface area contributed by atoms with Crippen LogP contribution in [0.4, 0.5) is 13.2 Å². The van der Waals surface area contributed by atoms with Crippen molar-refractivity contribution in [3.8, 4) is 0 Å². The summed E-state index contributed by atoms with van der Waals surface area (Å²) < 4.78 is 52.7. The van der Waals surface area contributed by atoms with Gasteiger partial charge in [-0.1, -0.05) is 42.5 Å². The number of alkyl halides is 3. The number of hydrogen-bond donors (Lipinski definition) is 0. The molecule has 0 aliphatic carbocycles. The lowest BCUT2D eigenvalue weighted by atomic mass is 9.75. The molecule has 0 radical (unpaired) electrons. The Morgan fingerprint density at radius 1 is 0.846 bits per heavy atom. The third-order valence-electron chi connectivity index (χ3n) is 5.18. The normalized spacial score (nSPS) is 19.0. The molecule has 2 aromatic carbocycles. The second-order valence-electron chi connectivity index (χ2n) is 7.67. The van der Waals surface area contributed by atoms with Crippen LogP contribution in [-0.2, 0) is 21.9 Å². The summed E-state index contributed by atoms with van der Waals surface area (Å²) in [6, 6.07) is 13.8. The fourth-order valence-electron chi connectivity index (χ4n) is 2.97. The quantitative estimate of drug-likeness (QED) is 0.744. The van der Waals surface area contributed by atoms with Crippen molar-refractivity contribution in [2.24, 2.45) is 0 Å². The van der Waals surface area contributed by atoms with Crippen molar-refractivity contribution in [3.63, 3.8) is 0 Å². The van der Waals surface area contributed by atoms with Crippen LogP contribution in [0.2, 0.25) is 0 Å². The SMILES string of the molecule is CC1(C)OB(c2ccc(Cc3ccccc3)cc2C(F)(F)F)OC1(C)C. The summed E-state index contributed by atoms with van der Waals surface area (Å²) in [7, 11) is -1.04. The molecule has 1 aliphatic heterocycles. The number of halogens is 3. The van der Waals surface area contributed by atoms with Gasteiger partial charge in [0.2, 0.25) is 0 Å². The van der Waals surface area contributed by atoms with Crippen LogP contribution in [0.1, 0.15) is 44.4 Å². The Labute approximate surface area is 152 Å². The van der Waals surface area contributed by atoms with Gasteiger partial charge in [-0.25, -0.2) is 0 Å². The van der Waals surface area contributed by atoms with Gasteiger partial charge in [-0.15, -0.1) is 0 Å². The lowest BCUT2D eigenvalue weighted by Crippen LogP contribution is -2.41. The van der Waals surface area contributed by atoms with E-state index in [9.17, 15) is 13.2 Å². The minimum Gasteiger partial charge on any atom is -0.399 e. The highest BCUT2D eigenvalue weighted by molar-refractivity contribution is 6.62. The summed E-state index contributed by atoms with van der Waals surface area (Å²) in [5.74, 6) is 0. The van der Waals surface area contributed by atoms with E-state index in [2.05, 4.69) is 0 Å². The molecular formula is C20H22BF3O2.